The van der Waals surface area contributed by atoms with Crippen LogP contribution in [0.25, 0.3) is 10.9 Å². The fourth-order valence-corrected chi connectivity index (χ4v) is 2.94. The molecule has 1 amide bonds. The zero-order valence-corrected chi connectivity index (χ0v) is 14.1. The van der Waals surface area contributed by atoms with Crippen LogP contribution in [-0.2, 0) is 6.42 Å². The lowest BCUT2D eigenvalue weighted by Crippen LogP contribution is -2.25. The molecule has 0 aliphatic rings. The van der Waals surface area contributed by atoms with Gasteiger partial charge in [0, 0.05) is 31.0 Å². The van der Waals surface area contributed by atoms with Gasteiger partial charge in [0.15, 0.2) is 0 Å². The predicted molar refractivity (Wildman–Crippen MR) is 98.4 cm³/mol. The molecule has 6 nitrogen and oxygen atoms in total. The monoisotopic (exact) mass is 347 g/mol. The van der Waals surface area contributed by atoms with Gasteiger partial charge in [-0.1, -0.05) is 30.3 Å². The van der Waals surface area contributed by atoms with Crippen LogP contribution < -0.4 is 4.90 Å². The van der Waals surface area contributed by atoms with Crippen molar-refractivity contribution in [1.29, 1.82) is 0 Å². The summed E-state index contributed by atoms with van der Waals surface area (Å²) in [5.41, 5.74) is 2.83. The van der Waals surface area contributed by atoms with Crippen molar-refractivity contribution in [2.45, 2.75) is 6.42 Å². The number of amides is 1. The summed E-state index contributed by atoms with van der Waals surface area (Å²) in [6, 6.07) is 16.6. The Morgan fingerprint density at radius 3 is 2.73 bits per heavy atom. The maximum atomic E-state index is 12.8. The number of carbonyl (C=O) groups excluding carboxylic acids is 1. The smallest absolute Gasteiger partial charge is 0.264 e. The molecule has 0 saturated carbocycles. The number of H-pyrrole nitrogens is 1. The van der Waals surface area contributed by atoms with E-state index in [0.29, 0.717) is 17.8 Å². The molecule has 26 heavy (non-hydrogen) atoms. The topological polar surface area (TPSA) is 82.4 Å². The fourth-order valence-electron chi connectivity index (χ4n) is 2.94. The van der Waals surface area contributed by atoms with E-state index in [0.717, 1.165) is 16.6 Å². The molecule has 0 aliphatic heterocycles. The molecule has 6 heteroatoms. The van der Waals surface area contributed by atoms with Gasteiger partial charge in [0.05, 0.1) is 23.0 Å². The molecule has 0 radical (unpaired) electrons. The standard InChI is InChI=1S/C20H17N3O3/c1-23(19-8-5-9-26-19)20(25)15-11-14-16(10-13-6-3-2-4-7-13)21-22-17(14)12-18(15)24/h2-9,11-12,24H,10H2,1H3,(H,21,22). The normalized spacial score (nSPS) is 11.0. The number of benzene rings is 2. The third kappa shape index (κ3) is 2.82. The molecule has 0 atom stereocenters. The summed E-state index contributed by atoms with van der Waals surface area (Å²) < 4.78 is 5.26. The van der Waals surface area contributed by atoms with Crippen molar-refractivity contribution in [2.24, 2.45) is 0 Å². The van der Waals surface area contributed by atoms with E-state index in [1.807, 2.05) is 30.3 Å². The number of nitrogens with one attached hydrogen (secondary N) is 1. The minimum atomic E-state index is -0.355. The summed E-state index contributed by atoms with van der Waals surface area (Å²) in [6.07, 6.45) is 2.13. The van der Waals surface area contributed by atoms with Gasteiger partial charge in [-0.3, -0.25) is 14.8 Å². The first kappa shape index (κ1) is 16.0. The Morgan fingerprint density at radius 1 is 1.19 bits per heavy atom. The van der Waals surface area contributed by atoms with E-state index in [4.69, 9.17) is 4.42 Å². The van der Waals surface area contributed by atoms with E-state index in [1.165, 1.54) is 17.2 Å². The number of rotatable bonds is 4. The second kappa shape index (κ2) is 6.40. The van der Waals surface area contributed by atoms with Gasteiger partial charge in [-0.2, -0.15) is 5.10 Å². The zero-order chi connectivity index (χ0) is 18.1. The van der Waals surface area contributed by atoms with Gasteiger partial charge in [0.2, 0.25) is 5.88 Å². The van der Waals surface area contributed by atoms with Crippen LogP contribution in [-0.4, -0.2) is 28.3 Å². The maximum Gasteiger partial charge on any atom is 0.264 e. The van der Waals surface area contributed by atoms with Gasteiger partial charge in [-0.25, -0.2) is 0 Å². The molecule has 2 heterocycles. The van der Waals surface area contributed by atoms with E-state index in [2.05, 4.69) is 10.2 Å². The molecule has 0 bridgehead atoms. The third-order valence-corrected chi connectivity index (χ3v) is 4.34. The van der Waals surface area contributed by atoms with Crippen LogP contribution in [0.3, 0.4) is 0 Å². The van der Waals surface area contributed by atoms with Gasteiger partial charge >= 0.3 is 0 Å². The lowest BCUT2D eigenvalue weighted by atomic mass is 10.0. The Labute approximate surface area is 149 Å². The van der Waals surface area contributed by atoms with Gasteiger partial charge in [0.25, 0.3) is 5.91 Å². The van der Waals surface area contributed by atoms with Crippen molar-refractivity contribution in [2.75, 3.05) is 11.9 Å². The number of anilines is 1. The number of aromatic hydroxyl groups is 1. The Morgan fingerprint density at radius 2 is 2.00 bits per heavy atom. The van der Waals surface area contributed by atoms with Gasteiger partial charge < -0.3 is 9.52 Å². The molecule has 2 N–H and O–H groups in total. The van der Waals surface area contributed by atoms with Crippen LogP contribution in [0.15, 0.2) is 65.3 Å². The first-order valence-corrected chi connectivity index (χ1v) is 8.19. The number of aromatic nitrogens is 2. The minimum absolute atomic E-state index is 0.101. The Hall–Kier alpha value is -3.54. The van der Waals surface area contributed by atoms with Crippen molar-refractivity contribution in [3.05, 3.63) is 77.7 Å². The first-order valence-electron chi connectivity index (χ1n) is 8.19. The molecule has 2 aromatic carbocycles. The Bertz CT molecular complexity index is 1050. The molecule has 0 fully saturated rings. The molecule has 0 unspecified atom stereocenters. The fraction of sp³-hybridized carbons (Fsp3) is 0.100. The van der Waals surface area contributed by atoms with Crippen LogP contribution in [0.4, 0.5) is 5.88 Å². The highest BCUT2D eigenvalue weighted by molar-refractivity contribution is 6.09. The molecule has 4 rings (SSSR count). The number of nitrogens with zero attached hydrogens (tertiary/aromatic N) is 2. The zero-order valence-electron chi connectivity index (χ0n) is 14.1. The van der Waals surface area contributed by atoms with E-state index in [1.54, 1.807) is 25.2 Å². The first-order chi connectivity index (χ1) is 12.6. The van der Waals surface area contributed by atoms with Crippen molar-refractivity contribution in [3.63, 3.8) is 0 Å². The average Bonchev–Trinajstić information content (AvgIpc) is 3.31. The predicted octanol–water partition coefficient (Wildman–Crippen LogP) is 3.73. The molecule has 2 aromatic heterocycles. The van der Waals surface area contributed by atoms with Crippen molar-refractivity contribution in [1.82, 2.24) is 10.2 Å². The van der Waals surface area contributed by atoms with Gasteiger partial charge in [-0.15, -0.1) is 0 Å². The lowest BCUT2D eigenvalue weighted by Gasteiger charge is -2.15. The highest BCUT2D eigenvalue weighted by Gasteiger charge is 2.21. The SMILES string of the molecule is CN(C(=O)c1cc2c(Cc3ccccc3)n[nH]c2cc1O)c1ccco1. The van der Waals surface area contributed by atoms with Crippen LogP contribution in [0, 0.1) is 0 Å². The number of aromatic amines is 1. The number of furan rings is 1. The summed E-state index contributed by atoms with van der Waals surface area (Å²) in [7, 11) is 1.60. The largest absolute Gasteiger partial charge is 0.507 e. The van der Waals surface area contributed by atoms with Crippen LogP contribution >= 0.6 is 0 Å². The lowest BCUT2D eigenvalue weighted by molar-refractivity contribution is 0.0986. The summed E-state index contributed by atoms with van der Waals surface area (Å²) in [5, 5.41) is 18.4. The van der Waals surface area contributed by atoms with E-state index >= 15 is 0 Å². The summed E-state index contributed by atoms with van der Waals surface area (Å²) in [5.74, 6) is -0.0479. The molecular weight excluding hydrogens is 330 g/mol. The molecule has 0 aliphatic carbocycles. The quantitative estimate of drug-likeness (QED) is 0.589. The average molecular weight is 347 g/mol. The van der Waals surface area contributed by atoms with E-state index in [9.17, 15) is 9.90 Å². The van der Waals surface area contributed by atoms with E-state index < -0.39 is 0 Å². The highest BCUT2D eigenvalue weighted by atomic mass is 16.3. The second-order valence-corrected chi connectivity index (χ2v) is 6.06. The molecule has 0 saturated heterocycles. The van der Waals surface area contributed by atoms with E-state index in [-0.39, 0.29) is 17.2 Å². The maximum absolute atomic E-state index is 12.8. The Balaban J connectivity index is 1.73. The molecule has 130 valence electrons. The number of hydrogen-bond acceptors (Lipinski definition) is 4. The van der Waals surface area contributed by atoms with Crippen LogP contribution in [0.2, 0.25) is 0 Å². The van der Waals surface area contributed by atoms with Gasteiger partial charge in [0.1, 0.15) is 5.75 Å². The number of fused-ring (bicyclic) bond motifs is 1. The van der Waals surface area contributed by atoms with Crippen molar-refractivity contribution >= 4 is 22.7 Å². The molecule has 0 spiro atoms. The molecular formula is C20H17N3O3. The van der Waals surface area contributed by atoms with Crippen LogP contribution in [0.5, 0.6) is 5.75 Å². The second-order valence-electron chi connectivity index (χ2n) is 6.06. The van der Waals surface area contributed by atoms with Crippen molar-refractivity contribution < 1.29 is 14.3 Å². The minimum Gasteiger partial charge on any atom is -0.507 e. The molecule has 4 aromatic rings. The summed E-state index contributed by atoms with van der Waals surface area (Å²) in [4.78, 5) is 14.1. The Kier molecular flexibility index (Phi) is 3.93. The number of phenolic OH excluding ortho intramolecular Hbond substituents is 1. The highest BCUT2D eigenvalue weighted by Crippen LogP contribution is 2.29. The third-order valence-electron chi connectivity index (χ3n) is 4.34. The summed E-state index contributed by atoms with van der Waals surface area (Å²) in [6.45, 7) is 0. The number of carbonyl (C=O) groups is 1. The number of phenols is 1. The summed E-state index contributed by atoms with van der Waals surface area (Å²) >= 11 is 0. The number of hydrogen-bond donors (Lipinski definition) is 2. The van der Waals surface area contributed by atoms with Crippen molar-refractivity contribution in [3.8, 4) is 5.75 Å². The van der Waals surface area contributed by atoms with Gasteiger partial charge in [-0.05, 0) is 17.7 Å². The van der Waals surface area contributed by atoms with Crippen LogP contribution in [0.1, 0.15) is 21.6 Å².